The molecule has 0 aliphatic carbocycles. The van der Waals surface area contributed by atoms with E-state index in [-0.39, 0.29) is 6.54 Å². The number of amides is 2. The molecule has 0 atom stereocenters. The van der Waals surface area contributed by atoms with Crippen LogP contribution in [-0.2, 0) is 16.1 Å². The summed E-state index contributed by atoms with van der Waals surface area (Å²) in [5, 5.41) is 6.35. The van der Waals surface area contributed by atoms with Crippen molar-refractivity contribution in [2.45, 2.75) is 26.3 Å². The summed E-state index contributed by atoms with van der Waals surface area (Å²) in [6.07, 6.45) is 1.44. The van der Waals surface area contributed by atoms with Crippen molar-refractivity contribution in [2.75, 3.05) is 7.11 Å². The predicted molar refractivity (Wildman–Crippen MR) is 101 cm³/mol. The second kappa shape index (κ2) is 9.36. The molecule has 0 spiro atoms. The molecule has 6 heteroatoms. The molecule has 2 aromatic carbocycles. The maximum absolute atomic E-state index is 11.8. The molecule has 0 radical (unpaired) electrons. The fourth-order valence-corrected chi connectivity index (χ4v) is 2.22. The molecular weight excluding hydrogens is 330 g/mol. The molecule has 2 amide bonds. The second-order valence-corrected chi connectivity index (χ2v) is 6.05. The molecular formula is C20H23N3O3. The summed E-state index contributed by atoms with van der Waals surface area (Å²) in [5.74, 6) is -0.419. The summed E-state index contributed by atoms with van der Waals surface area (Å²) >= 11 is 0. The van der Waals surface area contributed by atoms with Crippen molar-refractivity contribution in [1.82, 2.24) is 10.7 Å². The van der Waals surface area contributed by atoms with Gasteiger partial charge in [0.2, 0.25) is 0 Å². The molecule has 26 heavy (non-hydrogen) atoms. The third kappa shape index (κ3) is 5.73. The minimum absolute atomic E-state index is 0.282. The lowest BCUT2D eigenvalue weighted by molar-refractivity contribution is -0.139. The summed E-state index contributed by atoms with van der Waals surface area (Å²) in [5.41, 5.74) is 5.10. The third-order valence-electron chi connectivity index (χ3n) is 3.78. The second-order valence-electron chi connectivity index (χ2n) is 6.05. The number of rotatable bonds is 6. The molecule has 2 rings (SSSR count). The van der Waals surface area contributed by atoms with E-state index >= 15 is 0 Å². The Balaban J connectivity index is 1.81. The molecule has 136 valence electrons. The van der Waals surface area contributed by atoms with Gasteiger partial charge in [-0.3, -0.25) is 9.59 Å². The highest BCUT2D eigenvalue weighted by Gasteiger charge is 2.12. The van der Waals surface area contributed by atoms with Gasteiger partial charge in [-0.1, -0.05) is 50.2 Å². The predicted octanol–water partition coefficient (Wildman–Crippen LogP) is 2.59. The Labute approximate surface area is 153 Å². The number of nitrogens with zero attached hydrogens (tertiary/aromatic N) is 1. The van der Waals surface area contributed by atoms with Crippen molar-refractivity contribution < 1.29 is 14.3 Å². The van der Waals surface area contributed by atoms with E-state index in [4.69, 9.17) is 4.74 Å². The van der Waals surface area contributed by atoms with Gasteiger partial charge in [-0.05, 0) is 34.7 Å². The summed E-state index contributed by atoms with van der Waals surface area (Å²) in [7, 11) is 1.57. The Bertz CT molecular complexity index is 783. The summed E-state index contributed by atoms with van der Waals surface area (Å²) in [6.45, 7) is 4.52. The van der Waals surface area contributed by atoms with Crippen molar-refractivity contribution in [3.8, 4) is 5.75 Å². The SMILES string of the molecule is COc1cccc(/C=N\NC(=O)C(=O)NCc2ccc(C(C)C)cc2)c1. The van der Waals surface area contributed by atoms with Crippen LogP contribution in [0, 0.1) is 0 Å². The number of hydrogen-bond acceptors (Lipinski definition) is 4. The first-order chi connectivity index (χ1) is 12.5. The van der Waals surface area contributed by atoms with Crippen LogP contribution in [0.4, 0.5) is 0 Å². The van der Waals surface area contributed by atoms with Crippen molar-refractivity contribution in [2.24, 2.45) is 5.10 Å². The maximum Gasteiger partial charge on any atom is 0.329 e. The lowest BCUT2D eigenvalue weighted by Gasteiger charge is -2.07. The fourth-order valence-electron chi connectivity index (χ4n) is 2.22. The Morgan fingerprint density at radius 2 is 1.85 bits per heavy atom. The number of benzene rings is 2. The van der Waals surface area contributed by atoms with Gasteiger partial charge in [-0.2, -0.15) is 5.10 Å². The lowest BCUT2D eigenvalue weighted by atomic mass is 10.0. The highest BCUT2D eigenvalue weighted by Crippen LogP contribution is 2.14. The van der Waals surface area contributed by atoms with Crippen LogP contribution < -0.4 is 15.5 Å². The molecule has 0 unspecified atom stereocenters. The minimum Gasteiger partial charge on any atom is -0.497 e. The Morgan fingerprint density at radius 3 is 2.50 bits per heavy atom. The van der Waals surface area contributed by atoms with Gasteiger partial charge in [-0.15, -0.1) is 0 Å². The average molecular weight is 353 g/mol. The first-order valence-corrected chi connectivity index (χ1v) is 8.33. The van der Waals surface area contributed by atoms with Crippen LogP contribution in [0.2, 0.25) is 0 Å². The molecule has 0 saturated carbocycles. The number of ether oxygens (including phenoxy) is 1. The van der Waals surface area contributed by atoms with E-state index < -0.39 is 11.8 Å². The summed E-state index contributed by atoms with van der Waals surface area (Å²) < 4.78 is 5.10. The van der Waals surface area contributed by atoms with Crippen molar-refractivity contribution in [1.29, 1.82) is 0 Å². The molecule has 0 saturated heterocycles. The Morgan fingerprint density at radius 1 is 1.12 bits per heavy atom. The van der Waals surface area contributed by atoms with Gasteiger partial charge >= 0.3 is 11.8 Å². The van der Waals surface area contributed by atoms with Crippen LogP contribution in [0.5, 0.6) is 5.75 Å². The Kier molecular flexibility index (Phi) is 6.91. The molecule has 0 aromatic heterocycles. The molecule has 2 N–H and O–H groups in total. The minimum atomic E-state index is -0.817. The number of carbonyl (C=O) groups excluding carboxylic acids is 2. The van der Waals surface area contributed by atoms with E-state index in [0.29, 0.717) is 11.7 Å². The van der Waals surface area contributed by atoms with Gasteiger partial charge in [0.1, 0.15) is 5.75 Å². The van der Waals surface area contributed by atoms with E-state index in [9.17, 15) is 9.59 Å². The first-order valence-electron chi connectivity index (χ1n) is 8.33. The highest BCUT2D eigenvalue weighted by molar-refractivity contribution is 6.35. The number of methoxy groups -OCH3 is 1. The molecule has 6 nitrogen and oxygen atoms in total. The molecule has 0 bridgehead atoms. The summed E-state index contributed by atoms with van der Waals surface area (Å²) in [4.78, 5) is 23.6. The van der Waals surface area contributed by atoms with Gasteiger partial charge in [-0.25, -0.2) is 5.43 Å². The zero-order valence-electron chi connectivity index (χ0n) is 15.2. The van der Waals surface area contributed by atoms with Crippen LogP contribution in [0.25, 0.3) is 0 Å². The lowest BCUT2D eigenvalue weighted by Crippen LogP contribution is -2.37. The zero-order valence-corrected chi connectivity index (χ0v) is 15.2. The van der Waals surface area contributed by atoms with Crippen molar-refractivity contribution >= 4 is 18.0 Å². The van der Waals surface area contributed by atoms with Gasteiger partial charge in [0.25, 0.3) is 0 Å². The van der Waals surface area contributed by atoms with Crippen molar-refractivity contribution in [3.63, 3.8) is 0 Å². The highest BCUT2D eigenvalue weighted by atomic mass is 16.5. The number of nitrogens with one attached hydrogen (secondary N) is 2. The first kappa shape index (κ1) is 19.2. The number of hydrogen-bond donors (Lipinski definition) is 2. The van der Waals surface area contributed by atoms with E-state index in [2.05, 4.69) is 29.7 Å². The smallest absolute Gasteiger partial charge is 0.329 e. The zero-order chi connectivity index (χ0) is 18.9. The third-order valence-corrected chi connectivity index (χ3v) is 3.78. The average Bonchev–Trinajstić information content (AvgIpc) is 2.66. The van der Waals surface area contributed by atoms with Gasteiger partial charge in [0.15, 0.2) is 0 Å². The summed E-state index contributed by atoms with van der Waals surface area (Å²) in [6, 6.07) is 15.1. The van der Waals surface area contributed by atoms with Crippen LogP contribution >= 0.6 is 0 Å². The van der Waals surface area contributed by atoms with E-state index in [1.807, 2.05) is 24.3 Å². The monoisotopic (exact) mass is 353 g/mol. The van der Waals surface area contributed by atoms with Gasteiger partial charge in [0.05, 0.1) is 13.3 Å². The van der Waals surface area contributed by atoms with Crippen LogP contribution in [-0.4, -0.2) is 25.1 Å². The quantitative estimate of drug-likeness (QED) is 0.476. The fraction of sp³-hybridized carbons (Fsp3) is 0.250. The number of carbonyl (C=O) groups is 2. The maximum atomic E-state index is 11.8. The van der Waals surface area contributed by atoms with Crippen LogP contribution in [0.15, 0.2) is 53.6 Å². The topological polar surface area (TPSA) is 79.8 Å². The largest absolute Gasteiger partial charge is 0.497 e. The normalized spacial score (nSPS) is 10.8. The molecule has 0 aliphatic heterocycles. The van der Waals surface area contributed by atoms with E-state index in [0.717, 1.165) is 11.1 Å². The van der Waals surface area contributed by atoms with Gasteiger partial charge < -0.3 is 10.1 Å². The van der Waals surface area contributed by atoms with Gasteiger partial charge in [0, 0.05) is 6.54 Å². The van der Waals surface area contributed by atoms with Crippen LogP contribution in [0.3, 0.4) is 0 Å². The number of hydrazone groups is 1. The molecule has 0 aliphatic rings. The molecule has 2 aromatic rings. The van der Waals surface area contributed by atoms with Crippen LogP contribution in [0.1, 0.15) is 36.5 Å². The molecule has 0 fully saturated rings. The standard InChI is InChI=1S/C20H23N3O3/c1-14(2)17-9-7-15(8-10-17)12-21-19(24)20(25)23-22-13-16-5-4-6-18(11-16)26-3/h4-11,13-14H,12H2,1-3H3,(H,21,24)(H,23,25)/b22-13-. The van der Waals surface area contributed by atoms with E-state index in [1.165, 1.54) is 11.8 Å². The Hall–Kier alpha value is -3.15. The molecule has 0 heterocycles. The van der Waals surface area contributed by atoms with Crippen molar-refractivity contribution in [3.05, 3.63) is 65.2 Å². The van der Waals surface area contributed by atoms with E-state index in [1.54, 1.807) is 31.4 Å².